The molecule has 1 saturated carbocycles. The van der Waals surface area contributed by atoms with Crippen LogP contribution in [0.2, 0.25) is 0 Å². The number of anilines is 2. The molecule has 2 rings (SSSR count). The van der Waals surface area contributed by atoms with Gasteiger partial charge in [0.15, 0.2) is 0 Å². The van der Waals surface area contributed by atoms with Crippen molar-refractivity contribution in [2.75, 3.05) is 17.2 Å². The van der Waals surface area contributed by atoms with Gasteiger partial charge in [0.25, 0.3) is 0 Å². The van der Waals surface area contributed by atoms with Gasteiger partial charge in [-0.3, -0.25) is 0 Å². The van der Waals surface area contributed by atoms with Crippen molar-refractivity contribution < 1.29 is 0 Å². The fraction of sp³-hybridized carbons (Fsp3) is 0.750. The zero-order chi connectivity index (χ0) is 14.5. The van der Waals surface area contributed by atoms with E-state index in [1.807, 2.05) is 6.20 Å². The topological polar surface area (TPSA) is 49.8 Å². The summed E-state index contributed by atoms with van der Waals surface area (Å²) in [7, 11) is 0. The molecule has 0 spiro atoms. The van der Waals surface area contributed by atoms with Crippen LogP contribution in [0.5, 0.6) is 0 Å². The third-order valence-electron chi connectivity index (χ3n) is 4.02. The minimum atomic E-state index is 0.543. The second-order valence-corrected chi connectivity index (χ2v) is 6.41. The Labute approximate surface area is 122 Å². The lowest BCUT2D eigenvalue weighted by atomic mass is 9.80. The van der Waals surface area contributed by atoms with Crippen LogP contribution in [0.3, 0.4) is 0 Å². The van der Waals surface area contributed by atoms with E-state index in [-0.39, 0.29) is 0 Å². The monoisotopic (exact) mass is 276 g/mol. The quantitative estimate of drug-likeness (QED) is 0.858. The molecule has 1 fully saturated rings. The number of rotatable bonds is 5. The summed E-state index contributed by atoms with van der Waals surface area (Å²) in [5.74, 6) is 3.33. The minimum Gasteiger partial charge on any atom is -0.367 e. The summed E-state index contributed by atoms with van der Waals surface area (Å²) in [4.78, 5) is 8.96. The van der Waals surface area contributed by atoms with E-state index in [1.165, 1.54) is 19.3 Å². The molecule has 20 heavy (non-hydrogen) atoms. The molecule has 0 aromatic carbocycles. The molecule has 0 bridgehead atoms. The van der Waals surface area contributed by atoms with Crippen LogP contribution in [-0.4, -0.2) is 22.6 Å². The van der Waals surface area contributed by atoms with Crippen LogP contribution in [0.4, 0.5) is 11.8 Å². The smallest absolute Gasteiger partial charge is 0.224 e. The molecule has 1 aromatic rings. The van der Waals surface area contributed by atoms with E-state index in [0.29, 0.717) is 6.04 Å². The van der Waals surface area contributed by atoms with E-state index >= 15 is 0 Å². The van der Waals surface area contributed by atoms with Crippen molar-refractivity contribution in [2.45, 2.75) is 59.4 Å². The van der Waals surface area contributed by atoms with Crippen LogP contribution in [-0.2, 0) is 0 Å². The Hall–Kier alpha value is -1.32. The summed E-state index contributed by atoms with van der Waals surface area (Å²) < 4.78 is 0. The van der Waals surface area contributed by atoms with Gasteiger partial charge in [-0.1, -0.05) is 20.8 Å². The van der Waals surface area contributed by atoms with E-state index in [0.717, 1.165) is 42.1 Å². The average Bonchev–Trinajstić information content (AvgIpc) is 2.38. The van der Waals surface area contributed by atoms with Gasteiger partial charge in [-0.05, 0) is 44.4 Å². The summed E-state index contributed by atoms with van der Waals surface area (Å²) in [6, 6.07) is 0.543. The molecule has 0 amide bonds. The highest BCUT2D eigenvalue weighted by Crippen LogP contribution is 2.30. The number of nitrogens with one attached hydrogen (secondary N) is 2. The highest BCUT2D eigenvalue weighted by molar-refractivity contribution is 5.47. The van der Waals surface area contributed by atoms with Crippen molar-refractivity contribution in [3.8, 4) is 0 Å². The number of hydrogen-bond acceptors (Lipinski definition) is 4. The number of hydrogen-bond donors (Lipinski definition) is 2. The highest BCUT2D eigenvalue weighted by Gasteiger charge is 2.24. The first-order chi connectivity index (χ1) is 9.58. The zero-order valence-electron chi connectivity index (χ0n) is 13.2. The Balaban J connectivity index is 2.03. The summed E-state index contributed by atoms with van der Waals surface area (Å²) in [6.45, 7) is 9.84. The fourth-order valence-corrected chi connectivity index (χ4v) is 3.17. The highest BCUT2D eigenvalue weighted by atomic mass is 15.1. The molecule has 0 radical (unpaired) electrons. The molecule has 2 unspecified atom stereocenters. The molecule has 1 heterocycles. The first kappa shape index (κ1) is 15.1. The van der Waals surface area contributed by atoms with Gasteiger partial charge in [0.1, 0.15) is 5.82 Å². The van der Waals surface area contributed by atoms with E-state index in [1.54, 1.807) is 0 Å². The summed E-state index contributed by atoms with van der Waals surface area (Å²) in [5, 5.41) is 6.89. The zero-order valence-corrected chi connectivity index (χ0v) is 13.2. The third-order valence-corrected chi connectivity index (χ3v) is 4.02. The Morgan fingerprint density at radius 1 is 1.20 bits per heavy atom. The molecular weight excluding hydrogens is 248 g/mol. The van der Waals surface area contributed by atoms with Crippen molar-refractivity contribution in [1.82, 2.24) is 9.97 Å². The predicted octanol–water partition coefficient (Wildman–Crippen LogP) is 3.84. The van der Waals surface area contributed by atoms with Gasteiger partial charge >= 0.3 is 0 Å². The van der Waals surface area contributed by atoms with Gasteiger partial charge in [-0.15, -0.1) is 0 Å². The van der Waals surface area contributed by atoms with Crippen molar-refractivity contribution in [3.63, 3.8) is 0 Å². The Bertz CT molecular complexity index is 422. The van der Waals surface area contributed by atoms with E-state index < -0.39 is 0 Å². The minimum absolute atomic E-state index is 0.543. The Morgan fingerprint density at radius 2 is 1.90 bits per heavy atom. The molecule has 4 heteroatoms. The molecule has 0 saturated heterocycles. The van der Waals surface area contributed by atoms with Gasteiger partial charge in [0, 0.05) is 24.3 Å². The van der Waals surface area contributed by atoms with Crippen molar-refractivity contribution >= 4 is 11.8 Å². The predicted molar refractivity (Wildman–Crippen MR) is 85.1 cm³/mol. The molecule has 1 aromatic heterocycles. The first-order valence-electron chi connectivity index (χ1n) is 7.92. The molecule has 112 valence electrons. The fourth-order valence-electron chi connectivity index (χ4n) is 3.17. The molecule has 4 nitrogen and oxygen atoms in total. The van der Waals surface area contributed by atoms with Crippen molar-refractivity contribution in [3.05, 3.63) is 11.8 Å². The number of aryl methyl sites for hydroxylation is 1. The lowest BCUT2D eigenvalue weighted by Gasteiger charge is -2.32. The van der Waals surface area contributed by atoms with Crippen molar-refractivity contribution in [1.29, 1.82) is 0 Å². The lowest BCUT2D eigenvalue weighted by Crippen LogP contribution is -2.31. The molecule has 2 N–H and O–H groups in total. The summed E-state index contributed by atoms with van der Waals surface area (Å²) >= 11 is 0. The standard InChI is InChI=1S/C16H28N4/c1-5-6-17-16-18-10-13(4)15(20-16)19-14-8-11(2)7-12(3)9-14/h10-12,14H,5-9H2,1-4H3,(H2,17,18,19,20). The van der Waals surface area contributed by atoms with Crippen LogP contribution in [0.15, 0.2) is 6.20 Å². The van der Waals surface area contributed by atoms with Crippen LogP contribution in [0.25, 0.3) is 0 Å². The summed E-state index contributed by atoms with van der Waals surface area (Å²) in [6.07, 6.45) is 6.82. The molecule has 1 aliphatic rings. The second kappa shape index (κ2) is 6.91. The van der Waals surface area contributed by atoms with Crippen LogP contribution < -0.4 is 10.6 Å². The maximum Gasteiger partial charge on any atom is 0.224 e. The van der Waals surface area contributed by atoms with Gasteiger partial charge < -0.3 is 10.6 Å². The molecular formula is C16H28N4. The van der Waals surface area contributed by atoms with Gasteiger partial charge in [0.05, 0.1) is 0 Å². The largest absolute Gasteiger partial charge is 0.367 e. The van der Waals surface area contributed by atoms with Gasteiger partial charge in [0.2, 0.25) is 5.95 Å². The molecule has 2 atom stereocenters. The average molecular weight is 276 g/mol. The molecule has 0 aliphatic heterocycles. The SMILES string of the molecule is CCCNc1ncc(C)c(NC2CC(C)CC(C)C2)n1. The van der Waals surface area contributed by atoms with Crippen LogP contribution in [0, 0.1) is 18.8 Å². The maximum absolute atomic E-state index is 4.62. The van der Waals surface area contributed by atoms with Crippen LogP contribution >= 0.6 is 0 Å². The Kier molecular flexibility index (Phi) is 5.21. The number of aromatic nitrogens is 2. The van der Waals surface area contributed by atoms with Crippen molar-refractivity contribution in [2.24, 2.45) is 11.8 Å². The number of nitrogens with zero attached hydrogens (tertiary/aromatic N) is 2. The van der Waals surface area contributed by atoms with E-state index in [9.17, 15) is 0 Å². The van der Waals surface area contributed by atoms with E-state index in [2.05, 4.69) is 48.3 Å². The Morgan fingerprint density at radius 3 is 2.55 bits per heavy atom. The van der Waals surface area contributed by atoms with Crippen LogP contribution in [0.1, 0.15) is 52.0 Å². The van der Waals surface area contributed by atoms with Gasteiger partial charge in [-0.25, -0.2) is 4.98 Å². The lowest BCUT2D eigenvalue weighted by molar-refractivity contribution is 0.280. The normalized spacial score (nSPS) is 26.3. The van der Waals surface area contributed by atoms with Gasteiger partial charge in [-0.2, -0.15) is 4.98 Å². The van der Waals surface area contributed by atoms with E-state index in [4.69, 9.17) is 0 Å². The second-order valence-electron chi connectivity index (χ2n) is 6.41. The summed E-state index contributed by atoms with van der Waals surface area (Å²) in [5.41, 5.74) is 1.12. The first-order valence-corrected chi connectivity index (χ1v) is 7.92. The molecule has 1 aliphatic carbocycles. The maximum atomic E-state index is 4.62. The third kappa shape index (κ3) is 4.09.